The number of hydrogen-bond acceptors (Lipinski definition) is 2. The Hall–Kier alpha value is -0.530. The van der Waals surface area contributed by atoms with Crippen LogP contribution in [0.2, 0.25) is 0 Å². The van der Waals surface area contributed by atoms with Crippen LogP contribution in [-0.2, 0) is 9.53 Å². The van der Waals surface area contributed by atoms with Gasteiger partial charge >= 0.3 is 5.97 Å². The van der Waals surface area contributed by atoms with Crippen LogP contribution in [0.4, 0.5) is 0 Å². The lowest BCUT2D eigenvalue weighted by Crippen LogP contribution is -2.15. The summed E-state index contributed by atoms with van der Waals surface area (Å²) in [5.41, 5.74) is 0. The number of rotatable bonds is 14. The van der Waals surface area contributed by atoms with E-state index < -0.39 is 0 Å². The molecule has 0 radical (unpaired) electrons. The van der Waals surface area contributed by atoms with Gasteiger partial charge in [-0.1, -0.05) is 84.5 Å². The molecule has 0 bridgehead atoms. The molecule has 0 spiro atoms. The standard InChI is InChI=1S/C18H36O2/c1-4-6-7-8-9-10-11-12-13-14-16-17(15-5-2)18(19)20-3/h17H,4-16H2,1-3H3. The van der Waals surface area contributed by atoms with Crippen molar-refractivity contribution in [2.45, 2.75) is 97.3 Å². The largest absolute Gasteiger partial charge is 0.469 e. The predicted octanol–water partition coefficient (Wildman–Crippen LogP) is 5.89. The molecule has 0 aliphatic heterocycles. The molecule has 0 saturated carbocycles. The second kappa shape index (κ2) is 14.9. The zero-order valence-electron chi connectivity index (χ0n) is 14.1. The molecule has 0 aliphatic rings. The number of esters is 1. The van der Waals surface area contributed by atoms with E-state index in [-0.39, 0.29) is 11.9 Å². The summed E-state index contributed by atoms with van der Waals surface area (Å²) >= 11 is 0. The number of hydrogen-bond donors (Lipinski definition) is 0. The number of carbonyl (C=O) groups excluding carboxylic acids is 1. The molecule has 0 aromatic carbocycles. The van der Waals surface area contributed by atoms with Gasteiger partial charge in [-0.25, -0.2) is 0 Å². The molecule has 0 aromatic rings. The summed E-state index contributed by atoms with van der Waals surface area (Å²) in [6.07, 6.45) is 16.5. The van der Waals surface area contributed by atoms with Gasteiger partial charge in [-0.3, -0.25) is 4.79 Å². The SMILES string of the molecule is CCCCCCCCCCCCC(CCC)C(=O)OC. The van der Waals surface area contributed by atoms with Crippen molar-refractivity contribution in [3.8, 4) is 0 Å². The lowest BCUT2D eigenvalue weighted by atomic mass is 9.96. The molecule has 1 atom stereocenters. The first kappa shape index (κ1) is 19.5. The first-order valence-electron chi connectivity index (χ1n) is 8.84. The fraction of sp³-hybridized carbons (Fsp3) is 0.944. The molecule has 0 amide bonds. The Balaban J connectivity index is 3.38. The van der Waals surface area contributed by atoms with E-state index in [1.807, 2.05) is 0 Å². The molecule has 2 heteroatoms. The third-order valence-corrected chi connectivity index (χ3v) is 4.08. The maximum atomic E-state index is 11.6. The average Bonchev–Trinajstić information content (AvgIpc) is 2.47. The zero-order chi connectivity index (χ0) is 15.1. The average molecular weight is 284 g/mol. The van der Waals surface area contributed by atoms with E-state index in [0.29, 0.717) is 0 Å². The van der Waals surface area contributed by atoms with Gasteiger partial charge in [-0.15, -0.1) is 0 Å². The maximum Gasteiger partial charge on any atom is 0.308 e. The Morgan fingerprint density at radius 1 is 0.750 bits per heavy atom. The molecule has 20 heavy (non-hydrogen) atoms. The summed E-state index contributed by atoms with van der Waals surface area (Å²) in [5, 5.41) is 0. The van der Waals surface area contributed by atoms with E-state index in [0.717, 1.165) is 19.3 Å². The molecule has 1 unspecified atom stereocenters. The molecule has 0 heterocycles. The van der Waals surface area contributed by atoms with Crippen LogP contribution in [0.5, 0.6) is 0 Å². The second-order valence-corrected chi connectivity index (χ2v) is 5.98. The topological polar surface area (TPSA) is 26.3 Å². The number of methoxy groups -OCH3 is 1. The minimum absolute atomic E-state index is 0.0113. The molecule has 0 N–H and O–H groups in total. The summed E-state index contributed by atoms with van der Waals surface area (Å²) in [6.45, 7) is 4.40. The molecule has 0 aliphatic carbocycles. The number of ether oxygens (including phenoxy) is 1. The smallest absolute Gasteiger partial charge is 0.308 e. The molecule has 0 fully saturated rings. The summed E-state index contributed by atoms with van der Waals surface area (Å²) in [7, 11) is 1.50. The predicted molar refractivity (Wildman–Crippen MR) is 86.9 cm³/mol. The minimum atomic E-state index is -0.0113. The van der Waals surface area contributed by atoms with Gasteiger partial charge in [0.1, 0.15) is 0 Å². The Kier molecular flexibility index (Phi) is 14.5. The molecule has 2 nitrogen and oxygen atoms in total. The Morgan fingerprint density at radius 2 is 1.25 bits per heavy atom. The van der Waals surface area contributed by atoms with E-state index in [9.17, 15) is 4.79 Å². The highest BCUT2D eigenvalue weighted by Gasteiger charge is 2.17. The molecule has 120 valence electrons. The Morgan fingerprint density at radius 3 is 1.70 bits per heavy atom. The van der Waals surface area contributed by atoms with Gasteiger partial charge in [-0.05, 0) is 12.8 Å². The fourth-order valence-corrected chi connectivity index (χ4v) is 2.77. The van der Waals surface area contributed by atoms with E-state index >= 15 is 0 Å². The molecule has 0 aromatic heterocycles. The highest BCUT2D eigenvalue weighted by atomic mass is 16.5. The number of carbonyl (C=O) groups is 1. The van der Waals surface area contributed by atoms with Gasteiger partial charge in [-0.2, -0.15) is 0 Å². The Labute approximate surface area is 126 Å². The number of unbranched alkanes of at least 4 members (excludes halogenated alkanes) is 9. The zero-order valence-corrected chi connectivity index (χ0v) is 14.1. The Bertz CT molecular complexity index is 213. The van der Waals surface area contributed by atoms with Crippen molar-refractivity contribution in [1.29, 1.82) is 0 Å². The third kappa shape index (κ3) is 11.3. The first-order chi connectivity index (χ1) is 9.76. The quantitative estimate of drug-likeness (QED) is 0.294. The van der Waals surface area contributed by atoms with Crippen LogP contribution in [0, 0.1) is 5.92 Å². The van der Waals surface area contributed by atoms with Gasteiger partial charge in [0.05, 0.1) is 13.0 Å². The second-order valence-electron chi connectivity index (χ2n) is 5.98. The van der Waals surface area contributed by atoms with E-state index in [1.165, 1.54) is 71.3 Å². The summed E-state index contributed by atoms with van der Waals surface area (Å²) in [4.78, 5) is 11.6. The van der Waals surface area contributed by atoms with E-state index in [1.54, 1.807) is 0 Å². The normalized spacial score (nSPS) is 12.3. The molecule has 0 saturated heterocycles. The van der Waals surface area contributed by atoms with Crippen LogP contribution >= 0.6 is 0 Å². The van der Waals surface area contributed by atoms with E-state index in [4.69, 9.17) is 4.74 Å². The van der Waals surface area contributed by atoms with Crippen LogP contribution < -0.4 is 0 Å². The van der Waals surface area contributed by atoms with Crippen molar-refractivity contribution >= 4 is 5.97 Å². The van der Waals surface area contributed by atoms with Crippen LogP contribution in [0.25, 0.3) is 0 Å². The van der Waals surface area contributed by atoms with Crippen LogP contribution in [-0.4, -0.2) is 13.1 Å². The summed E-state index contributed by atoms with van der Waals surface area (Å²) in [6, 6.07) is 0. The lowest BCUT2D eigenvalue weighted by molar-refractivity contribution is -0.146. The van der Waals surface area contributed by atoms with Crippen LogP contribution in [0.3, 0.4) is 0 Å². The van der Waals surface area contributed by atoms with Crippen LogP contribution in [0.1, 0.15) is 97.3 Å². The van der Waals surface area contributed by atoms with Crippen LogP contribution in [0.15, 0.2) is 0 Å². The van der Waals surface area contributed by atoms with Crippen molar-refractivity contribution in [3.05, 3.63) is 0 Å². The summed E-state index contributed by atoms with van der Waals surface area (Å²) < 4.78 is 4.87. The monoisotopic (exact) mass is 284 g/mol. The van der Waals surface area contributed by atoms with Crippen molar-refractivity contribution in [3.63, 3.8) is 0 Å². The lowest BCUT2D eigenvalue weighted by Gasteiger charge is -2.13. The fourth-order valence-electron chi connectivity index (χ4n) is 2.77. The van der Waals surface area contributed by atoms with E-state index in [2.05, 4.69) is 13.8 Å². The maximum absolute atomic E-state index is 11.6. The highest BCUT2D eigenvalue weighted by Crippen LogP contribution is 2.18. The highest BCUT2D eigenvalue weighted by molar-refractivity contribution is 5.72. The van der Waals surface area contributed by atoms with Gasteiger partial charge in [0.15, 0.2) is 0 Å². The first-order valence-corrected chi connectivity index (χ1v) is 8.84. The minimum Gasteiger partial charge on any atom is -0.469 e. The van der Waals surface area contributed by atoms with Crippen molar-refractivity contribution < 1.29 is 9.53 Å². The molecular weight excluding hydrogens is 248 g/mol. The van der Waals surface area contributed by atoms with Gasteiger partial charge in [0.25, 0.3) is 0 Å². The van der Waals surface area contributed by atoms with Gasteiger partial charge < -0.3 is 4.74 Å². The molecule has 0 rings (SSSR count). The molecular formula is C18H36O2. The van der Waals surface area contributed by atoms with Crippen molar-refractivity contribution in [1.82, 2.24) is 0 Å². The van der Waals surface area contributed by atoms with Crippen molar-refractivity contribution in [2.24, 2.45) is 5.92 Å². The third-order valence-electron chi connectivity index (χ3n) is 4.08. The van der Waals surface area contributed by atoms with Crippen molar-refractivity contribution in [2.75, 3.05) is 7.11 Å². The van der Waals surface area contributed by atoms with Gasteiger partial charge in [0, 0.05) is 0 Å². The van der Waals surface area contributed by atoms with Gasteiger partial charge in [0.2, 0.25) is 0 Å². The summed E-state index contributed by atoms with van der Waals surface area (Å²) in [5.74, 6) is 0.127.